The van der Waals surface area contributed by atoms with E-state index in [0.29, 0.717) is 30.6 Å². The van der Waals surface area contributed by atoms with Gasteiger partial charge in [0.1, 0.15) is 0 Å². The third-order valence-corrected chi connectivity index (χ3v) is 8.54. The van der Waals surface area contributed by atoms with Gasteiger partial charge >= 0.3 is 0 Å². The number of nitrogens with zero attached hydrogens (tertiary/aromatic N) is 3. The van der Waals surface area contributed by atoms with Crippen molar-refractivity contribution in [2.24, 2.45) is 11.8 Å². The molecule has 0 N–H and O–H groups in total. The lowest BCUT2D eigenvalue weighted by Gasteiger charge is -2.55. The summed E-state index contributed by atoms with van der Waals surface area (Å²) in [6, 6.07) is 4.83. The van der Waals surface area contributed by atoms with E-state index in [4.69, 9.17) is 14.2 Å². The number of rotatable bonds is 2. The summed E-state index contributed by atoms with van der Waals surface area (Å²) in [4.78, 5) is 4.62. The Hall–Kier alpha value is -2.39. The fourth-order valence-electron chi connectivity index (χ4n) is 7.34. The van der Waals surface area contributed by atoms with Crippen molar-refractivity contribution in [3.05, 3.63) is 29.3 Å². The Kier molecular flexibility index (Phi) is 4.02. The van der Waals surface area contributed by atoms with Gasteiger partial charge in [0.05, 0.1) is 26.9 Å². The van der Waals surface area contributed by atoms with Gasteiger partial charge in [0, 0.05) is 48.8 Å². The number of anilines is 1. The van der Waals surface area contributed by atoms with Crippen molar-refractivity contribution >= 4 is 5.69 Å². The van der Waals surface area contributed by atoms with Crippen molar-refractivity contribution in [3.63, 3.8) is 0 Å². The maximum absolute atomic E-state index is 9.83. The Morgan fingerprint density at radius 2 is 1.97 bits per heavy atom. The first kappa shape index (κ1) is 18.4. The van der Waals surface area contributed by atoms with Gasteiger partial charge in [-0.3, -0.25) is 0 Å². The zero-order valence-electron chi connectivity index (χ0n) is 17.8. The first-order valence-electron chi connectivity index (χ1n) is 11.2. The first-order valence-corrected chi connectivity index (χ1v) is 11.2. The third kappa shape index (κ3) is 2.27. The van der Waals surface area contributed by atoms with E-state index in [9.17, 15) is 5.26 Å². The van der Waals surface area contributed by atoms with Crippen LogP contribution in [0.2, 0.25) is 0 Å². The Bertz CT molecular complexity index is 954. The van der Waals surface area contributed by atoms with Gasteiger partial charge in [0.25, 0.3) is 0 Å². The number of nitriles is 1. The number of methoxy groups -OCH3 is 2. The van der Waals surface area contributed by atoms with E-state index in [1.165, 1.54) is 23.2 Å². The predicted octanol–water partition coefficient (Wildman–Crippen LogP) is 3.07. The SMILES string of the molecule is COc1cc2c(cc1OC)C13CCC4C(=CCOC5CCN2C1C54)CN(C#N)CC3. The van der Waals surface area contributed by atoms with Gasteiger partial charge in [-0.2, -0.15) is 5.26 Å². The Balaban J connectivity index is 1.58. The van der Waals surface area contributed by atoms with E-state index in [2.05, 4.69) is 29.3 Å². The number of piperidine rings is 1. The van der Waals surface area contributed by atoms with Crippen molar-refractivity contribution in [1.29, 1.82) is 5.26 Å². The maximum atomic E-state index is 9.83. The van der Waals surface area contributed by atoms with Crippen LogP contribution in [0.5, 0.6) is 11.5 Å². The molecule has 1 aromatic rings. The minimum absolute atomic E-state index is 0.0347. The highest BCUT2D eigenvalue weighted by Crippen LogP contribution is 2.62. The highest BCUT2D eigenvalue weighted by atomic mass is 16.5. The number of fused-ring (bicyclic) bond motifs is 6. The summed E-state index contributed by atoms with van der Waals surface area (Å²) in [5.74, 6) is 2.58. The molecule has 1 aliphatic carbocycles. The molecular formula is C24H29N3O3. The van der Waals surface area contributed by atoms with Crippen LogP contribution in [0.25, 0.3) is 0 Å². The lowest BCUT2D eigenvalue weighted by atomic mass is 9.56. The summed E-state index contributed by atoms with van der Waals surface area (Å²) in [7, 11) is 3.43. The third-order valence-electron chi connectivity index (χ3n) is 8.54. The molecule has 1 aromatic carbocycles. The summed E-state index contributed by atoms with van der Waals surface area (Å²) in [5.41, 5.74) is 4.15. The van der Waals surface area contributed by atoms with Gasteiger partial charge in [0.2, 0.25) is 0 Å². The quantitative estimate of drug-likeness (QED) is 0.555. The van der Waals surface area contributed by atoms with Crippen molar-refractivity contribution in [2.45, 2.75) is 43.2 Å². The van der Waals surface area contributed by atoms with E-state index < -0.39 is 0 Å². The molecule has 5 atom stereocenters. The van der Waals surface area contributed by atoms with Gasteiger partial charge < -0.3 is 24.0 Å². The molecule has 1 saturated carbocycles. The minimum atomic E-state index is 0.0347. The molecule has 4 bridgehead atoms. The van der Waals surface area contributed by atoms with E-state index in [1.54, 1.807) is 14.2 Å². The molecule has 158 valence electrons. The number of hydrogen-bond acceptors (Lipinski definition) is 6. The Morgan fingerprint density at radius 3 is 2.77 bits per heavy atom. The van der Waals surface area contributed by atoms with Crippen LogP contribution in [-0.4, -0.2) is 57.5 Å². The molecule has 0 aromatic heterocycles. The molecule has 6 aliphatic rings. The van der Waals surface area contributed by atoms with Crippen LogP contribution in [0.1, 0.15) is 31.2 Å². The number of hydrogen-bond donors (Lipinski definition) is 0. The van der Waals surface area contributed by atoms with Crippen molar-refractivity contribution in [2.75, 3.05) is 45.4 Å². The lowest BCUT2D eigenvalue weighted by molar-refractivity contribution is -0.0381. The smallest absolute Gasteiger partial charge is 0.179 e. The van der Waals surface area contributed by atoms with Gasteiger partial charge in [-0.1, -0.05) is 6.08 Å². The minimum Gasteiger partial charge on any atom is -0.493 e. The molecule has 6 nitrogen and oxygen atoms in total. The molecular weight excluding hydrogens is 378 g/mol. The summed E-state index contributed by atoms with van der Waals surface area (Å²) in [6.45, 7) is 3.26. The fraction of sp³-hybridized carbons (Fsp3) is 0.625. The van der Waals surface area contributed by atoms with Crippen LogP contribution >= 0.6 is 0 Å². The summed E-state index contributed by atoms with van der Waals surface area (Å²) in [6.07, 6.45) is 9.43. The van der Waals surface area contributed by atoms with E-state index in [1.807, 2.05) is 4.90 Å². The normalized spacial score (nSPS) is 36.0. The first-order chi connectivity index (χ1) is 14.7. The molecule has 6 heteroatoms. The summed E-state index contributed by atoms with van der Waals surface area (Å²) >= 11 is 0. The van der Waals surface area contributed by atoms with E-state index >= 15 is 0 Å². The molecule has 1 spiro atoms. The van der Waals surface area contributed by atoms with Crippen molar-refractivity contribution in [1.82, 2.24) is 4.90 Å². The van der Waals surface area contributed by atoms with Crippen LogP contribution < -0.4 is 14.4 Å². The largest absolute Gasteiger partial charge is 0.493 e. The van der Waals surface area contributed by atoms with E-state index in [-0.39, 0.29) is 5.41 Å². The van der Waals surface area contributed by atoms with Crippen LogP contribution in [0.15, 0.2) is 23.8 Å². The second kappa shape index (κ2) is 6.55. The molecule has 3 saturated heterocycles. The fourth-order valence-corrected chi connectivity index (χ4v) is 7.34. The second-order valence-electron chi connectivity index (χ2n) is 9.45. The Labute approximate surface area is 178 Å². The van der Waals surface area contributed by atoms with E-state index in [0.717, 1.165) is 50.4 Å². The van der Waals surface area contributed by atoms with Crippen LogP contribution in [-0.2, 0) is 10.2 Å². The zero-order valence-corrected chi connectivity index (χ0v) is 17.8. The molecule has 5 heterocycles. The van der Waals surface area contributed by atoms with Crippen LogP contribution in [0.4, 0.5) is 5.69 Å². The van der Waals surface area contributed by atoms with Crippen molar-refractivity contribution in [3.8, 4) is 17.7 Å². The van der Waals surface area contributed by atoms with Gasteiger partial charge in [-0.25, -0.2) is 0 Å². The number of benzene rings is 1. The van der Waals surface area contributed by atoms with Gasteiger partial charge in [0.15, 0.2) is 17.7 Å². The summed E-state index contributed by atoms with van der Waals surface area (Å²) in [5, 5.41) is 9.83. The maximum Gasteiger partial charge on any atom is 0.179 e. The van der Waals surface area contributed by atoms with Crippen LogP contribution in [0, 0.1) is 23.3 Å². The van der Waals surface area contributed by atoms with Crippen molar-refractivity contribution < 1.29 is 14.2 Å². The molecule has 5 unspecified atom stereocenters. The highest BCUT2D eigenvalue weighted by molar-refractivity contribution is 5.71. The monoisotopic (exact) mass is 407 g/mol. The average Bonchev–Trinajstić information content (AvgIpc) is 3.00. The molecule has 7 rings (SSSR count). The molecule has 5 aliphatic heterocycles. The topological polar surface area (TPSA) is 58.0 Å². The average molecular weight is 408 g/mol. The van der Waals surface area contributed by atoms with Gasteiger partial charge in [-0.05, 0) is 48.8 Å². The van der Waals surface area contributed by atoms with Gasteiger partial charge in [-0.15, -0.1) is 0 Å². The number of ether oxygens (including phenoxy) is 3. The summed E-state index contributed by atoms with van der Waals surface area (Å²) < 4.78 is 17.8. The zero-order chi connectivity index (χ0) is 20.5. The predicted molar refractivity (Wildman–Crippen MR) is 113 cm³/mol. The standard InChI is InChI=1S/C24H29N3O3/c1-28-20-11-17-18(12-21(20)29-2)27-8-4-19-22-16-3-6-24(17,23(22)27)7-9-26(14-25)13-15(16)5-10-30-19/h5,11-12,16,19,22-23H,3-4,6-10,13H2,1-2H3. The molecule has 30 heavy (non-hydrogen) atoms. The molecule has 0 radical (unpaired) electrons. The molecule has 4 fully saturated rings. The highest BCUT2D eigenvalue weighted by Gasteiger charge is 2.62. The lowest BCUT2D eigenvalue weighted by Crippen LogP contribution is -2.62. The Morgan fingerprint density at radius 1 is 1.13 bits per heavy atom. The second-order valence-corrected chi connectivity index (χ2v) is 9.45. The van der Waals surface area contributed by atoms with Crippen LogP contribution in [0.3, 0.4) is 0 Å². The molecule has 0 amide bonds.